The normalized spacial score (nSPS) is 30.7. The Kier molecular flexibility index (Phi) is 3.92. The Balaban J connectivity index is 2.08. The second kappa shape index (κ2) is 5.53. The lowest BCUT2D eigenvalue weighted by molar-refractivity contribution is -0.136. The van der Waals surface area contributed by atoms with Crippen molar-refractivity contribution in [3.8, 4) is 0 Å². The van der Waals surface area contributed by atoms with Crippen LogP contribution in [-0.4, -0.2) is 54.9 Å². The fourth-order valence-corrected chi connectivity index (χ4v) is 3.68. The van der Waals surface area contributed by atoms with E-state index in [1.54, 1.807) is 11.5 Å². The molecule has 0 bridgehead atoms. The van der Waals surface area contributed by atoms with Crippen molar-refractivity contribution in [2.45, 2.75) is 31.6 Å². The van der Waals surface area contributed by atoms with Gasteiger partial charge in [-0.05, 0) is 13.3 Å². The average molecular weight is 432 g/mol. The number of aromatic nitrogens is 4. The van der Waals surface area contributed by atoms with Crippen molar-refractivity contribution in [3.05, 3.63) is 10.2 Å². The molecular formula is C13H17IN6O3. The van der Waals surface area contributed by atoms with E-state index in [-0.39, 0.29) is 18.1 Å². The first-order valence-electron chi connectivity index (χ1n) is 7.03. The van der Waals surface area contributed by atoms with Gasteiger partial charge in [0.25, 0.3) is 0 Å². The molecule has 1 amide bonds. The maximum absolute atomic E-state index is 12.1. The molecule has 2 aromatic rings. The summed E-state index contributed by atoms with van der Waals surface area (Å²) in [4.78, 5) is 24.7. The highest BCUT2D eigenvalue weighted by molar-refractivity contribution is 14.1. The predicted octanol–water partition coefficient (Wildman–Crippen LogP) is -0.568. The standard InChI is InChI=1S/C13H17IN6O3/c1-13(11(23)16-2)3-5(7(21)8(13)22)20-4-17-6-9(15)18-12(14)19-10(6)20/h4-5,7-8,21-22H,3H2,1-2H3,(H,16,23)(H2,15,18,19)/t5-,7?,8?,13+/m1/s1. The van der Waals surface area contributed by atoms with Crippen LogP contribution in [0.1, 0.15) is 19.4 Å². The van der Waals surface area contributed by atoms with Crippen LogP contribution in [0.4, 0.5) is 5.82 Å². The van der Waals surface area contributed by atoms with Crippen molar-refractivity contribution in [2.75, 3.05) is 12.8 Å². The van der Waals surface area contributed by atoms with Gasteiger partial charge in [-0.25, -0.2) is 15.0 Å². The third-order valence-electron chi connectivity index (χ3n) is 4.53. The molecule has 124 valence electrons. The summed E-state index contributed by atoms with van der Waals surface area (Å²) in [5.41, 5.74) is 5.65. The Morgan fingerprint density at radius 2 is 2.22 bits per heavy atom. The minimum absolute atomic E-state index is 0.250. The number of nitrogens with one attached hydrogen (secondary N) is 1. The molecule has 0 radical (unpaired) electrons. The predicted molar refractivity (Wildman–Crippen MR) is 90.3 cm³/mol. The molecular weight excluding hydrogens is 415 g/mol. The van der Waals surface area contributed by atoms with Crippen LogP contribution < -0.4 is 11.1 Å². The molecule has 4 atom stereocenters. The first-order valence-corrected chi connectivity index (χ1v) is 8.11. The van der Waals surface area contributed by atoms with Gasteiger partial charge in [-0.2, -0.15) is 0 Å². The molecule has 0 saturated heterocycles. The Hall–Kier alpha value is -1.53. The fourth-order valence-electron chi connectivity index (χ4n) is 3.19. The molecule has 0 aromatic carbocycles. The Morgan fingerprint density at radius 1 is 1.52 bits per heavy atom. The lowest BCUT2D eigenvalue weighted by atomic mass is 9.85. The van der Waals surface area contributed by atoms with E-state index >= 15 is 0 Å². The molecule has 2 heterocycles. The van der Waals surface area contributed by atoms with Crippen LogP contribution in [0.15, 0.2) is 6.33 Å². The maximum atomic E-state index is 12.1. The topological polar surface area (TPSA) is 139 Å². The zero-order valence-electron chi connectivity index (χ0n) is 12.6. The molecule has 2 unspecified atom stereocenters. The van der Waals surface area contributed by atoms with Gasteiger partial charge in [0.15, 0.2) is 15.3 Å². The number of nitrogen functional groups attached to an aromatic ring is 1. The van der Waals surface area contributed by atoms with Crippen LogP contribution in [0.25, 0.3) is 11.2 Å². The quantitative estimate of drug-likeness (QED) is 0.368. The lowest BCUT2D eigenvalue weighted by Crippen LogP contribution is -2.45. The first kappa shape index (κ1) is 16.3. The van der Waals surface area contributed by atoms with Crippen LogP contribution in [-0.2, 0) is 4.79 Å². The highest BCUT2D eigenvalue weighted by Crippen LogP contribution is 2.45. The van der Waals surface area contributed by atoms with Gasteiger partial charge in [0.1, 0.15) is 11.6 Å². The highest BCUT2D eigenvalue weighted by Gasteiger charge is 2.54. The third-order valence-corrected chi connectivity index (χ3v) is 5.01. The number of nitrogens with two attached hydrogens (primary N) is 1. The molecule has 10 heteroatoms. The molecule has 9 nitrogen and oxygen atoms in total. The van der Waals surface area contributed by atoms with Crippen molar-refractivity contribution < 1.29 is 15.0 Å². The number of fused-ring (bicyclic) bond motifs is 1. The summed E-state index contributed by atoms with van der Waals surface area (Å²) in [6, 6.07) is -0.539. The number of carbonyl (C=O) groups is 1. The maximum Gasteiger partial charge on any atom is 0.228 e. The number of rotatable bonds is 2. The van der Waals surface area contributed by atoms with Crippen molar-refractivity contribution in [1.82, 2.24) is 24.8 Å². The van der Waals surface area contributed by atoms with Crippen LogP contribution in [0, 0.1) is 9.25 Å². The number of aliphatic hydroxyl groups excluding tert-OH is 2. The van der Waals surface area contributed by atoms with Crippen LogP contribution in [0.3, 0.4) is 0 Å². The molecule has 2 aromatic heterocycles. The van der Waals surface area contributed by atoms with E-state index in [9.17, 15) is 15.0 Å². The van der Waals surface area contributed by atoms with Crippen LogP contribution in [0.5, 0.6) is 0 Å². The second-order valence-electron chi connectivity index (χ2n) is 5.91. The van der Waals surface area contributed by atoms with Gasteiger partial charge >= 0.3 is 0 Å². The fraction of sp³-hybridized carbons (Fsp3) is 0.538. The molecule has 5 N–H and O–H groups in total. The van der Waals surface area contributed by atoms with Crippen LogP contribution >= 0.6 is 22.6 Å². The number of hydrogen-bond acceptors (Lipinski definition) is 7. The molecule has 0 spiro atoms. The number of carbonyl (C=O) groups excluding carboxylic acids is 1. The van der Waals surface area contributed by atoms with Gasteiger partial charge in [0.2, 0.25) is 5.91 Å². The Morgan fingerprint density at radius 3 is 2.87 bits per heavy atom. The van der Waals surface area contributed by atoms with Gasteiger partial charge < -0.3 is 25.8 Å². The smallest absolute Gasteiger partial charge is 0.228 e. The van der Waals surface area contributed by atoms with Gasteiger partial charge in [-0.1, -0.05) is 0 Å². The van der Waals surface area contributed by atoms with Crippen molar-refractivity contribution >= 4 is 45.5 Å². The summed E-state index contributed by atoms with van der Waals surface area (Å²) >= 11 is 1.94. The molecule has 1 fully saturated rings. The minimum atomic E-state index is -1.19. The average Bonchev–Trinajstić information content (AvgIpc) is 3.02. The highest BCUT2D eigenvalue weighted by atomic mass is 127. The van der Waals surface area contributed by atoms with E-state index in [1.165, 1.54) is 13.4 Å². The molecule has 1 aliphatic carbocycles. The largest absolute Gasteiger partial charge is 0.389 e. The zero-order valence-corrected chi connectivity index (χ0v) is 14.7. The summed E-state index contributed by atoms with van der Waals surface area (Å²) in [7, 11) is 1.50. The zero-order chi connectivity index (χ0) is 16.9. The number of aliphatic hydroxyl groups is 2. The number of anilines is 1. The molecule has 1 aliphatic rings. The van der Waals surface area contributed by atoms with Gasteiger partial charge in [-0.15, -0.1) is 0 Å². The molecule has 1 saturated carbocycles. The molecule has 0 aliphatic heterocycles. The van der Waals surface area contributed by atoms with E-state index in [0.29, 0.717) is 15.0 Å². The van der Waals surface area contributed by atoms with Gasteiger partial charge in [0, 0.05) is 29.6 Å². The first-order chi connectivity index (χ1) is 10.8. The van der Waals surface area contributed by atoms with E-state index in [1.807, 2.05) is 22.6 Å². The van der Waals surface area contributed by atoms with Gasteiger partial charge in [-0.3, -0.25) is 4.79 Å². The SMILES string of the molecule is CNC(=O)[C@@]1(C)C[C@@H](n2cnc3c(N)nc(I)nc32)C(O)C1O. The number of halogens is 1. The van der Waals surface area contributed by atoms with E-state index in [2.05, 4.69) is 20.3 Å². The summed E-state index contributed by atoms with van der Waals surface area (Å²) in [6.45, 7) is 1.63. The van der Waals surface area contributed by atoms with Crippen molar-refractivity contribution in [3.63, 3.8) is 0 Å². The monoisotopic (exact) mass is 432 g/mol. The van der Waals surface area contributed by atoms with Crippen LogP contribution in [0.2, 0.25) is 0 Å². The Labute approximate surface area is 145 Å². The summed E-state index contributed by atoms with van der Waals surface area (Å²) in [6.07, 6.45) is -0.560. The number of imidazole rings is 1. The van der Waals surface area contributed by atoms with Crippen molar-refractivity contribution in [1.29, 1.82) is 0 Å². The lowest BCUT2D eigenvalue weighted by Gasteiger charge is -2.26. The molecule has 23 heavy (non-hydrogen) atoms. The van der Waals surface area contributed by atoms with Gasteiger partial charge in [0.05, 0.1) is 23.9 Å². The summed E-state index contributed by atoms with van der Waals surface area (Å²) in [5, 5.41) is 23.4. The summed E-state index contributed by atoms with van der Waals surface area (Å²) < 4.78 is 2.11. The minimum Gasteiger partial charge on any atom is -0.389 e. The van der Waals surface area contributed by atoms with E-state index < -0.39 is 23.7 Å². The van der Waals surface area contributed by atoms with Crippen molar-refractivity contribution in [2.24, 2.45) is 5.41 Å². The number of amides is 1. The summed E-state index contributed by atoms with van der Waals surface area (Å²) in [5.74, 6) is -0.0695. The number of nitrogens with zero attached hydrogens (tertiary/aromatic N) is 4. The van der Waals surface area contributed by atoms with E-state index in [4.69, 9.17) is 5.73 Å². The van der Waals surface area contributed by atoms with E-state index in [0.717, 1.165) is 0 Å². The second-order valence-corrected chi connectivity index (χ2v) is 6.87. The Bertz CT molecular complexity index is 780. The number of hydrogen-bond donors (Lipinski definition) is 4. The third kappa shape index (κ3) is 2.35. The molecule has 3 rings (SSSR count).